The van der Waals surface area contributed by atoms with Crippen LogP contribution in [-0.4, -0.2) is 48.8 Å². The molecule has 1 aliphatic heterocycles. The smallest absolute Gasteiger partial charge is 0.343 e. The Bertz CT molecular complexity index is 651. The number of rotatable bonds is 4. The standard InChI is InChI=1S/C19H28NO3.BrH/c1-20(2)13-12-17(14-20)23-18(21)19(22,16-10-6-7-11-16)15-8-4-3-5-9-15;/h3-5,8-9,16-17,22H,6-7,10-14H2,1-2H3;1H/q+1;/p-1/t17-,19+;/m0./s1/i1D3;/t17-,19+,20?;. The first-order valence-electron chi connectivity index (χ1n) is 10.0. The Labute approximate surface area is 159 Å². The lowest BCUT2D eigenvalue weighted by Gasteiger charge is -2.33. The van der Waals surface area contributed by atoms with Crippen LogP contribution in [0.3, 0.4) is 0 Å². The van der Waals surface area contributed by atoms with Gasteiger partial charge in [0.05, 0.1) is 24.7 Å². The van der Waals surface area contributed by atoms with Crippen molar-refractivity contribution in [2.24, 2.45) is 5.92 Å². The maximum Gasteiger partial charge on any atom is 0.343 e. The van der Waals surface area contributed by atoms with Gasteiger partial charge in [-0.1, -0.05) is 43.2 Å². The normalized spacial score (nSPS) is 32.1. The van der Waals surface area contributed by atoms with E-state index in [-0.39, 0.29) is 33.9 Å². The minimum atomic E-state index is -2.14. The quantitative estimate of drug-likeness (QED) is 0.545. The van der Waals surface area contributed by atoms with Crippen LogP contribution in [0, 0.1) is 5.92 Å². The van der Waals surface area contributed by atoms with Crippen LogP contribution in [0.15, 0.2) is 30.3 Å². The second-order valence-corrected chi connectivity index (χ2v) is 7.23. The van der Waals surface area contributed by atoms with Crippen LogP contribution in [0.1, 0.15) is 41.8 Å². The molecule has 1 aromatic carbocycles. The third kappa shape index (κ3) is 3.84. The molecule has 0 aromatic heterocycles. The monoisotopic (exact) mass is 400 g/mol. The summed E-state index contributed by atoms with van der Waals surface area (Å²) in [5.74, 6) is -0.804. The van der Waals surface area contributed by atoms with Gasteiger partial charge in [0, 0.05) is 12.3 Å². The lowest BCUT2D eigenvalue weighted by Crippen LogP contribution is -3.00. The predicted octanol–water partition coefficient (Wildman–Crippen LogP) is -0.540. The highest BCUT2D eigenvalue weighted by atomic mass is 79.9. The Morgan fingerprint density at radius 2 is 1.96 bits per heavy atom. The van der Waals surface area contributed by atoms with Gasteiger partial charge in [-0.3, -0.25) is 0 Å². The first kappa shape index (κ1) is 15.4. The predicted molar refractivity (Wildman–Crippen MR) is 88.6 cm³/mol. The van der Waals surface area contributed by atoms with E-state index in [1.807, 2.05) is 6.07 Å². The van der Waals surface area contributed by atoms with E-state index < -0.39 is 24.7 Å². The Morgan fingerprint density at radius 3 is 2.54 bits per heavy atom. The molecule has 5 heteroatoms. The first-order valence-corrected chi connectivity index (χ1v) is 8.50. The molecule has 1 N–H and O–H groups in total. The average molecular weight is 401 g/mol. The molecule has 1 aliphatic carbocycles. The van der Waals surface area contributed by atoms with Crippen LogP contribution in [0.5, 0.6) is 0 Å². The highest BCUT2D eigenvalue weighted by molar-refractivity contribution is 5.81. The van der Waals surface area contributed by atoms with Crippen molar-refractivity contribution in [2.75, 3.05) is 27.1 Å². The maximum absolute atomic E-state index is 13.0. The molecule has 2 fully saturated rings. The first-order chi connectivity index (χ1) is 12.2. The molecular weight excluding hydrogens is 370 g/mol. The van der Waals surface area contributed by atoms with Crippen LogP contribution in [-0.2, 0) is 15.1 Å². The zero-order valence-corrected chi connectivity index (χ0v) is 15.7. The third-order valence-electron chi connectivity index (χ3n) is 5.30. The number of likely N-dealkylation sites (tertiary alicyclic amines) is 1. The van der Waals surface area contributed by atoms with Crippen LogP contribution < -0.4 is 17.0 Å². The van der Waals surface area contributed by atoms with Gasteiger partial charge in [-0.25, -0.2) is 4.79 Å². The van der Waals surface area contributed by atoms with Gasteiger partial charge in [-0.05, 0) is 18.4 Å². The number of quaternary nitrogens is 1. The topological polar surface area (TPSA) is 46.5 Å². The van der Waals surface area contributed by atoms with Gasteiger partial charge in [0.25, 0.3) is 0 Å². The van der Waals surface area contributed by atoms with Gasteiger partial charge in [0.1, 0.15) is 6.54 Å². The minimum Gasteiger partial charge on any atom is -1.00 e. The Hall–Kier alpha value is -0.910. The molecule has 0 amide bonds. The molecule has 0 spiro atoms. The Kier molecular flexibility index (Phi) is 4.83. The largest absolute Gasteiger partial charge is 1.00 e. The summed E-state index contributed by atoms with van der Waals surface area (Å²) >= 11 is 0. The molecule has 1 aromatic rings. The number of hydrogen-bond acceptors (Lipinski definition) is 3. The summed E-state index contributed by atoms with van der Waals surface area (Å²) in [6, 6.07) is 8.98. The molecule has 2 aliphatic rings. The van der Waals surface area contributed by atoms with Crippen molar-refractivity contribution in [3.05, 3.63) is 35.9 Å². The summed E-state index contributed by atoms with van der Waals surface area (Å²) in [5, 5.41) is 11.4. The Balaban J connectivity index is 0.00000261. The van der Waals surface area contributed by atoms with Crippen LogP contribution >= 0.6 is 0 Å². The zero-order chi connectivity index (χ0) is 19.0. The SMILES string of the molecule is [2H]C([2H])([2H])[N+]1(C)CC[C@H](OC(=O)[C@@](O)(c2ccccc2)C2CCCC2)C1.[Br-]. The van der Waals surface area contributed by atoms with Crippen molar-refractivity contribution < 1.29 is 40.2 Å². The minimum absolute atomic E-state index is 0. The number of esters is 1. The van der Waals surface area contributed by atoms with E-state index in [1.54, 1.807) is 31.3 Å². The van der Waals surface area contributed by atoms with E-state index in [1.165, 1.54) is 0 Å². The van der Waals surface area contributed by atoms with E-state index in [2.05, 4.69) is 0 Å². The van der Waals surface area contributed by atoms with Crippen molar-refractivity contribution >= 4 is 5.97 Å². The number of halogens is 1. The van der Waals surface area contributed by atoms with E-state index in [9.17, 15) is 9.90 Å². The fourth-order valence-electron chi connectivity index (χ4n) is 3.95. The van der Waals surface area contributed by atoms with E-state index in [4.69, 9.17) is 8.85 Å². The summed E-state index contributed by atoms with van der Waals surface area (Å²) < 4.78 is 28.7. The van der Waals surface area contributed by atoms with Crippen molar-refractivity contribution in [2.45, 2.75) is 43.8 Å². The van der Waals surface area contributed by atoms with E-state index in [0.29, 0.717) is 18.5 Å². The van der Waals surface area contributed by atoms with Gasteiger partial charge in [0.15, 0.2) is 11.7 Å². The summed E-state index contributed by atoms with van der Waals surface area (Å²) in [6.07, 6.45) is 3.57. The molecule has 3 atom stereocenters. The van der Waals surface area contributed by atoms with Crippen molar-refractivity contribution in [3.8, 4) is 0 Å². The van der Waals surface area contributed by atoms with Gasteiger partial charge >= 0.3 is 5.97 Å². The molecular formula is C19H28BrNO3. The molecule has 1 unspecified atom stereocenters. The molecule has 1 heterocycles. The van der Waals surface area contributed by atoms with Crippen molar-refractivity contribution in [1.82, 2.24) is 0 Å². The molecule has 4 nitrogen and oxygen atoms in total. The van der Waals surface area contributed by atoms with Gasteiger partial charge in [0.2, 0.25) is 0 Å². The number of nitrogens with zero attached hydrogens (tertiary/aromatic N) is 1. The summed E-state index contributed by atoms with van der Waals surface area (Å²) in [5.41, 5.74) is -1.10. The molecule has 1 saturated heterocycles. The lowest BCUT2D eigenvalue weighted by molar-refractivity contribution is -0.879. The summed E-state index contributed by atoms with van der Waals surface area (Å²) in [6.45, 7) is -1.46. The highest BCUT2D eigenvalue weighted by Gasteiger charge is 2.49. The molecule has 24 heavy (non-hydrogen) atoms. The molecule has 134 valence electrons. The molecule has 0 bridgehead atoms. The fourth-order valence-corrected chi connectivity index (χ4v) is 3.95. The third-order valence-corrected chi connectivity index (χ3v) is 5.30. The number of likely N-dealkylation sites (N-methyl/N-ethyl adjacent to an activating group) is 1. The van der Waals surface area contributed by atoms with Crippen molar-refractivity contribution in [3.63, 3.8) is 0 Å². The lowest BCUT2D eigenvalue weighted by atomic mass is 9.80. The second-order valence-electron chi connectivity index (χ2n) is 7.23. The Morgan fingerprint density at radius 1 is 1.29 bits per heavy atom. The van der Waals surface area contributed by atoms with Crippen molar-refractivity contribution in [1.29, 1.82) is 0 Å². The van der Waals surface area contributed by atoms with Gasteiger partial charge in [-0.15, -0.1) is 0 Å². The van der Waals surface area contributed by atoms with Crippen LogP contribution in [0.4, 0.5) is 0 Å². The second kappa shape index (κ2) is 7.54. The number of aliphatic hydroxyl groups is 1. The number of carbonyl (C=O) groups is 1. The summed E-state index contributed by atoms with van der Waals surface area (Å²) in [4.78, 5) is 13.0. The highest BCUT2D eigenvalue weighted by Crippen LogP contribution is 2.42. The van der Waals surface area contributed by atoms with E-state index in [0.717, 1.165) is 25.7 Å². The molecule has 0 radical (unpaired) electrons. The fraction of sp³-hybridized carbons (Fsp3) is 0.632. The molecule has 3 rings (SSSR count). The number of benzene rings is 1. The number of carbonyl (C=O) groups excluding carboxylic acids is 1. The average Bonchev–Trinajstić information content (AvgIpc) is 3.25. The number of ether oxygens (including phenoxy) is 1. The van der Waals surface area contributed by atoms with E-state index >= 15 is 0 Å². The maximum atomic E-state index is 13.0. The van der Waals surface area contributed by atoms with Gasteiger partial charge < -0.3 is 31.3 Å². The van der Waals surface area contributed by atoms with Crippen LogP contribution in [0.2, 0.25) is 0 Å². The van der Waals surface area contributed by atoms with Crippen LogP contribution in [0.25, 0.3) is 0 Å². The van der Waals surface area contributed by atoms with Gasteiger partial charge in [-0.2, -0.15) is 0 Å². The zero-order valence-electron chi connectivity index (χ0n) is 17.1. The molecule has 1 saturated carbocycles. The number of hydrogen-bond donors (Lipinski definition) is 1. The summed E-state index contributed by atoms with van der Waals surface area (Å²) in [7, 11) is 1.67.